The molecule has 2 aromatic rings. The van der Waals surface area contributed by atoms with Gasteiger partial charge in [0.15, 0.2) is 0 Å². The predicted octanol–water partition coefficient (Wildman–Crippen LogP) is 3.24. The highest BCUT2D eigenvalue weighted by molar-refractivity contribution is 6.14. The van der Waals surface area contributed by atoms with E-state index in [0.29, 0.717) is 32.4 Å². The van der Waals surface area contributed by atoms with Crippen LogP contribution < -0.4 is 10.2 Å². The summed E-state index contributed by atoms with van der Waals surface area (Å²) in [6.45, 7) is 1.11. The number of anilines is 1. The van der Waals surface area contributed by atoms with E-state index in [-0.39, 0.29) is 17.6 Å². The summed E-state index contributed by atoms with van der Waals surface area (Å²) in [5.74, 6) is -0.529. The number of nitrogens with zero attached hydrogens (tertiary/aromatic N) is 1. The molecule has 0 saturated heterocycles. The lowest BCUT2D eigenvalue weighted by Crippen LogP contribution is -2.47. The summed E-state index contributed by atoms with van der Waals surface area (Å²) in [7, 11) is 0. The topological polar surface area (TPSA) is 49.4 Å². The summed E-state index contributed by atoms with van der Waals surface area (Å²) < 4.78 is 13.0. The maximum Gasteiger partial charge on any atom is 0.242 e. The van der Waals surface area contributed by atoms with Gasteiger partial charge in [-0.25, -0.2) is 4.39 Å². The number of aryl methyl sites for hydroxylation is 1. The van der Waals surface area contributed by atoms with Crippen LogP contribution in [-0.2, 0) is 22.4 Å². The number of benzene rings is 2. The Kier molecular flexibility index (Phi) is 4.68. The van der Waals surface area contributed by atoms with Gasteiger partial charge in [0.25, 0.3) is 0 Å². The van der Waals surface area contributed by atoms with Crippen LogP contribution in [0.15, 0.2) is 48.5 Å². The van der Waals surface area contributed by atoms with Gasteiger partial charge in [-0.05, 0) is 61.4 Å². The highest BCUT2D eigenvalue weighted by Gasteiger charge is 2.58. The molecule has 27 heavy (non-hydrogen) atoms. The van der Waals surface area contributed by atoms with Crippen LogP contribution in [0.4, 0.5) is 10.1 Å². The molecule has 2 amide bonds. The molecule has 1 aliphatic heterocycles. The molecule has 0 bridgehead atoms. The summed E-state index contributed by atoms with van der Waals surface area (Å²) in [4.78, 5) is 27.7. The molecular weight excluding hydrogens is 343 g/mol. The second-order valence-electron chi connectivity index (χ2n) is 7.40. The first-order valence-corrected chi connectivity index (χ1v) is 9.53. The molecule has 0 spiro atoms. The summed E-state index contributed by atoms with van der Waals surface area (Å²) >= 11 is 0. The van der Waals surface area contributed by atoms with E-state index < -0.39 is 5.41 Å². The Labute approximate surface area is 158 Å². The van der Waals surface area contributed by atoms with Gasteiger partial charge in [-0.2, -0.15) is 0 Å². The lowest BCUT2D eigenvalue weighted by Gasteiger charge is -2.32. The van der Waals surface area contributed by atoms with Gasteiger partial charge in [0.1, 0.15) is 11.2 Å². The summed E-state index contributed by atoms with van der Waals surface area (Å²) in [6.07, 6.45) is 3.71. The molecule has 1 aliphatic carbocycles. The Hall–Kier alpha value is -2.69. The Balaban J connectivity index is 1.40. The number of rotatable bonds is 5. The maximum absolute atomic E-state index is 13.2. The highest BCUT2D eigenvalue weighted by Crippen LogP contribution is 2.48. The molecule has 1 heterocycles. The van der Waals surface area contributed by atoms with Crippen LogP contribution in [-0.4, -0.2) is 24.9 Å². The molecule has 0 atom stereocenters. The molecule has 1 N–H and O–H groups in total. The SMILES string of the molecule is O=C(NCCc1ccc(F)cc1)C1(C(=O)N2CCCc3ccccc32)CC1. The van der Waals surface area contributed by atoms with Crippen LogP contribution in [0.25, 0.3) is 0 Å². The monoisotopic (exact) mass is 366 g/mol. The van der Waals surface area contributed by atoms with Gasteiger partial charge in [0.2, 0.25) is 11.8 Å². The van der Waals surface area contributed by atoms with E-state index >= 15 is 0 Å². The molecule has 0 unspecified atom stereocenters. The minimum absolute atomic E-state index is 0.0751. The number of halogens is 1. The minimum atomic E-state index is -0.909. The number of para-hydroxylation sites is 1. The van der Waals surface area contributed by atoms with E-state index in [9.17, 15) is 14.0 Å². The standard InChI is InChI=1S/C22H23FN2O2/c23-18-9-7-16(8-10-18)11-14-24-20(26)22(12-13-22)21(27)25-15-3-5-17-4-1-2-6-19(17)25/h1-2,4,6-10H,3,5,11-15H2,(H,24,26). The quantitative estimate of drug-likeness (QED) is 0.826. The van der Waals surface area contributed by atoms with E-state index in [1.165, 1.54) is 17.7 Å². The summed E-state index contributed by atoms with van der Waals surface area (Å²) in [5.41, 5.74) is 2.16. The van der Waals surface area contributed by atoms with E-state index in [4.69, 9.17) is 0 Å². The second-order valence-corrected chi connectivity index (χ2v) is 7.40. The Morgan fingerprint density at radius 1 is 1.07 bits per heavy atom. The number of hydrogen-bond acceptors (Lipinski definition) is 2. The first kappa shape index (κ1) is 17.7. The third-order valence-electron chi connectivity index (χ3n) is 5.56. The molecule has 4 nitrogen and oxygen atoms in total. The number of carbonyl (C=O) groups is 2. The molecule has 0 radical (unpaired) electrons. The number of nitrogens with one attached hydrogen (secondary N) is 1. The van der Waals surface area contributed by atoms with Gasteiger partial charge < -0.3 is 10.2 Å². The van der Waals surface area contributed by atoms with Crippen LogP contribution >= 0.6 is 0 Å². The molecular formula is C22H23FN2O2. The zero-order chi connectivity index (χ0) is 18.9. The van der Waals surface area contributed by atoms with E-state index in [0.717, 1.165) is 24.1 Å². The number of carbonyl (C=O) groups excluding carboxylic acids is 2. The largest absolute Gasteiger partial charge is 0.355 e. The molecule has 5 heteroatoms. The zero-order valence-corrected chi connectivity index (χ0v) is 15.2. The van der Waals surface area contributed by atoms with Crippen LogP contribution in [0, 0.1) is 11.2 Å². The van der Waals surface area contributed by atoms with E-state index in [1.807, 2.05) is 18.2 Å². The van der Waals surface area contributed by atoms with Crippen molar-refractivity contribution in [2.24, 2.45) is 5.41 Å². The molecule has 4 rings (SSSR count). The summed E-state index contributed by atoms with van der Waals surface area (Å²) in [5, 5.41) is 2.91. The van der Waals surface area contributed by atoms with Crippen LogP contribution in [0.2, 0.25) is 0 Å². The van der Waals surface area contributed by atoms with E-state index in [2.05, 4.69) is 11.4 Å². The Morgan fingerprint density at radius 2 is 1.81 bits per heavy atom. The van der Waals surface area contributed by atoms with Crippen LogP contribution in [0.3, 0.4) is 0 Å². The van der Waals surface area contributed by atoms with Gasteiger partial charge in [-0.3, -0.25) is 9.59 Å². The fourth-order valence-corrected chi connectivity index (χ4v) is 3.81. The molecule has 1 saturated carbocycles. The normalized spacial score (nSPS) is 17.1. The Bertz CT molecular complexity index is 859. The lowest BCUT2D eigenvalue weighted by molar-refractivity contribution is -0.135. The number of fused-ring (bicyclic) bond motifs is 1. The third-order valence-corrected chi connectivity index (χ3v) is 5.56. The van der Waals surface area contributed by atoms with Gasteiger partial charge >= 0.3 is 0 Å². The van der Waals surface area contributed by atoms with Crippen molar-refractivity contribution in [3.8, 4) is 0 Å². The first-order valence-electron chi connectivity index (χ1n) is 9.53. The first-order chi connectivity index (χ1) is 13.1. The predicted molar refractivity (Wildman–Crippen MR) is 102 cm³/mol. The van der Waals surface area contributed by atoms with Gasteiger partial charge in [0.05, 0.1) is 0 Å². The van der Waals surface area contributed by atoms with Crippen molar-refractivity contribution in [1.82, 2.24) is 5.32 Å². The highest BCUT2D eigenvalue weighted by atomic mass is 19.1. The second kappa shape index (κ2) is 7.14. The van der Waals surface area contributed by atoms with Crippen molar-refractivity contribution in [1.29, 1.82) is 0 Å². The van der Waals surface area contributed by atoms with Crippen molar-refractivity contribution < 1.29 is 14.0 Å². The van der Waals surface area contributed by atoms with Crippen molar-refractivity contribution in [2.45, 2.75) is 32.1 Å². The number of hydrogen-bond donors (Lipinski definition) is 1. The summed E-state index contributed by atoms with van der Waals surface area (Å²) in [6, 6.07) is 14.2. The van der Waals surface area contributed by atoms with Gasteiger partial charge in [-0.1, -0.05) is 30.3 Å². The molecule has 0 aromatic heterocycles. The Morgan fingerprint density at radius 3 is 2.56 bits per heavy atom. The van der Waals surface area contributed by atoms with Gasteiger partial charge in [-0.15, -0.1) is 0 Å². The molecule has 140 valence electrons. The fourth-order valence-electron chi connectivity index (χ4n) is 3.81. The maximum atomic E-state index is 13.2. The van der Waals surface area contributed by atoms with Crippen molar-refractivity contribution in [3.63, 3.8) is 0 Å². The number of amides is 2. The third kappa shape index (κ3) is 3.46. The van der Waals surface area contributed by atoms with Gasteiger partial charge in [0, 0.05) is 18.8 Å². The molecule has 1 fully saturated rings. The zero-order valence-electron chi connectivity index (χ0n) is 15.2. The van der Waals surface area contributed by atoms with E-state index in [1.54, 1.807) is 17.0 Å². The fraction of sp³-hybridized carbons (Fsp3) is 0.364. The van der Waals surface area contributed by atoms with Crippen LogP contribution in [0.1, 0.15) is 30.4 Å². The van der Waals surface area contributed by atoms with Crippen LogP contribution in [0.5, 0.6) is 0 Å². The smallest absolute Gasteiger partial charge is 0.242 e. The van der Waals surface area contributed by atoms with Crippen molar-refractivity contribution in [3.05, 3.63) is 65.5 Å². The molecule has 2 aliphatic rings. The van der Waals surface area contributed by atoms with Crippen molar-refractivity contribution in [2.75, 3.05) is 18.0 Å². The van der Waals surface area contributed by atoms with Crippen molar-refractivity contribution >= 4 is 17.5 Å². The lowest BCUT2D eigenvalue weighted by atomic mass is 9.97. The minimum Gasteiger partial charge on any atom is -0.355 e. The average molecular weight is 366 g/mol. The molecule has 2 aromatic carbocycles. The average Bonchev–Trinajstić information content (AvgIpc) is 3.50.